The fourth-order valence-electron chi connectivity index (χ4n) is 3.40. The van der Waals surface area contributed by atoms with E-state index in [1.807, 2.05) is 42.5 Å². The summed E-state index contributed by atoms with van der Waals surface area (Å²) in [6, 6.07) is 23.5. The summed E-state index contributed by atoms with van der Waals surface area (Å²) >= 11 is 0. The average Bonchev–Trinajstić information content (AvgIpc) is 2.84. The summed E-state index contributed by atoms with van der Waals surface area (Å²) in [5.41, 5.74) is 3.43. The molecule has 0 saturated carbocycles. The van der Waals surface area contributed by atoms with Gasteiger partial charge in [-0.1, -0.05) is 54.6 Å². The number of hydrogen-bond acceptors (Lipinski definition) is 7. The van der Waals surface area contributed by atoms with Gasteiger partial charge in [0.25, 0.3) is 15.7 Å². The Balaban J connectivity index is 1.69. The lowest BCUT2D eigenvalue weighted by atomic mass is 10.1. The van der Waals surface area contributed by atoms with Crippen LogP contribution in [0.3, 0.4) is 0 Å². The molecule has 10 heteroatoms. The first-order valence-electron chi connectivity index (χ1n) is 10.1. The number of hydrogen-bond donors (Lipinski definition) is 2. The van der Waals surface area contributed by atoms with E-state index in [1.165, 1.54) is 25.3 Å². The Morgan fingerprint density at radius 2 is 1.68 bits per heavy atom. The Labute approximate surface area is 195 Å². The lowest BCUT2D eigenvalue weighted by molar-refractivity contribution is -0.385. The van der Waals surface area contributed by atoms with Crippen LogP contribution >= 0.6 is 0 Å². The largest absolute Gasteiger partial charge is 0.495 e. The average molecular weight is 477 g/mol. The zero-order valence-electron chi connectivity index (χ0n) is 18.0. The third kappa shape index (κ3) is 4.81. The number of sulfonamides is 1. The van der Waals surface area contributed by atoms with Gasteiger partial charge in [0.05, 0.1) is 29.6 Å². The maximum Gasteiger partial charge on any atom is 0.270 e. The minimum atomic E-state index is -4.23. The molecule has 4 aromatic rings. The van der Waals surface area contributed by atoms with E-state index >= 15 is 0 Å². The zero-order chi connectivity index (χ0) is 24.1. The number of benzene rings is 4. The van der Waals surface area contributed by atoms with E-state index in [-0.39, 0.29) is 22.0 Å². The van der Waals surface area contributed by atoms with Crippen molar-refractivity contribution in [3.05, 3.63) is 101 Å². The van der Waals surface area contributed by atoms with Crippen molar-refractivity contribution < 1.29 is 18.1 Å². The molecule has 0 fully saturated rings. The fourth-order valence-corrected chi connectivity index (χ4v) is 4.65. The molecule has 0 aliphatic rings. The Bertz CT molecular complexity index is 1500. The normalized spacial score (nSPS) is 11.4. The van der Waals surface area contributed by atoms with E-state index in [0.29, 0.717) is 5.75 Å². The van der Waals surface area contributed by atoms with Crippen molar-refractivity contribution in [1.82, 2.24) is 0 Å². The molecule has 0 unspecified atom stereocenters. The molecule has 0 aliphatic heterocycles. The summed E-state index contributed by atoms with van der Waals surface area (Å²) < 4.78 is 34.0. The van der Waals surface area contributed by atoms with E-state index < -0.39 is 14.9 Å². The van der Waals surface area contributed by atoms with Crippen LogP contribution in [0.4, 0.5) is 17.1 Å². The van der Waals surface area contributed by atoms with E-state index in [0.717, 1.165) is 22.4 Å². The molecule has 0 saturated heterocycles. The van der Waals surface area contributed by atoms with Crippen LogP contribution in [-0.2, 0) is 10.0 Å². The van der Waals surface area contributed by atoms with Crippen molar-refractivity contribution in [2.24, 2.45) is 5.10 Å². The minimum absolute atomic E-state index is 0.0736. The summed E-state index contributed by atoms with van der Waals surface area (Å²) in [7, 11) is -2.82. The number of methoxy groups -OCH3 is 1. The standard InChI is InChI=1S/C24H20N4O5S/c1-33-23-12-5-4-11-21(23)27-34(31,32)24-15-19(28(29)30)13-14-22(24)26-25-16-18-9-6-8-17-7-2-3-10-20(17)18/h2-16,26-27H,1H3. The highest BCUT2D eigenvalue weighted by Gasteiger charge is 2.23. The predicted molar refractivity (Wildman–Crippen MR) is 132 cm³/mol. The maximum atomic E-state index is 13.2. The third-order valence-electron chi connectivity index (χ3n) is 5.03. The van der Waals surface area contributed by atoms with Gasteiger partial charge in [-0.05, 0) is 29.0 Å². The molecule has 9 nitrogen and oxygen atoms in total. The lowest BCUT2D eigenvalue weighted by Gasteiger charge is -2.14. The molecule has 0 heterocycles. The summed E-state index contributed by atoms with van der Waals surface area (Å²) in [6.45, 7) is 0. The van der Waals surface area contributed by atoms with Gasteiger partial charge in [-0.3, -0.25) is 20.3 Å². The second kappa shape index (κ2) is 9.59. The summed E-state index contributed by atoms with van der Waals surface area (Å²) in [4.78, 5) is 10.3. The van der Waals surface area contributed by atoms with Crippen molar-refractivity contribution in [2.75, 3.05) is 17.3 Å². The topological polar surface area (TPSA) is 123 Å². The lowest BCUT2D eigenvalue weighted by Crippen LogP contribution is -2.15. The molecular formula is C24H20N4O5S. The maximum absolute atomic E-state index is 13.2. The number of non-ortho nitro benzene ring substituents is 1. The van der Waals surface area contributed by atoms with Gasteiger partial charge in [0.1, 0.15) is 10.6 Å². The number of anilines is 2. The number of fused-ring (bicyclic) bond motifs is 1. The molecule has 0 amide bonds. The van der Waals surface area contributed by atoms with Crippen molar-refractivity contribution in [3.8, 4) is 5.75 Å². The van der Waals surface area contributed by atoms with Gasteiger partial charge < -0.3 is 4.74 Å². The number of ether oxygens (including phenoxy) is 1. The summed E-state index contributed by atoms with van der Waals surface area (Å²) in [5, 5.41) is 17.5. The predicted octanol–water partition coefficient (Wildman–Crippen LogP) is 5.00. The Morgan fingerprint density at radius 3 is 2.47 bits per heavy atom. The van der Waals surface area contributed by atoms with Gasteiger partial charge >= 0.3 is 0 Å². The number of para-hydroxylation sites is 2. The fraction of sp³-hybridized carbons (Fsp3) is 0.0417. The molecule has 172 valence electrons. The van der Waals surface area contributed by atoms with Gasteiger partial charge in [0, 0.05) is 17.7 Å². The Kier molecular flexibility index (Phi) is 6.42. The van der Waals surface area contributed by atoms with Crippen LogP contribution in [-0.4, -0.2) is 26.7 Å². The SMILES string of the molecule is COc1ccccc1NS(=O)(=O)c1cc([N+](=O)[O-])ccc1NN=Cc1cccc2ccccc12. The smallest absolute Gasteiger partial charge is 0.270 e. The molecule has 0 aliphatic carbocycles. The van der Waals surface area contributed by atoms with Crippen molar-refractivity contribution in [3.63, 3.8) is 0 Å². The minimum Gasteiger partial charge on any atom is -0.495 e. The monoisotopic (exact) mass is 476 g/mol. The molecule has 4 rings (SSSR count). The van der Waals surface area contributed by atoms with E-state index in [2.05, 4.69) is 15.2 Å². The van der Waals surface area contributed by atoms with Crippen LogP contribution in [0.1, 0.15) is 5.56 Å². The molecule has 0 bridgehead atoms. The number of rotatable bonds is 8. The first-order chi connectivity index (χ1) is 16.4. The first-order valence-corrected chi connectivity index (χ1v) is 11.6. The highest BCUT2D eigenvalue weighted by molar-refractivity contribution is 7.93. The highest BCUT2D eigenvalue weighted by Crippen LogP contribution is 2.31. The quantitative estimate of drug-likeness (QED) is 0.209. The van der Waals surface area contributed by atoms with Gasteiger partial charge in [0.2, 0.25) is 0 Å². The van der Waals surface area contributed by atoms with Crippen molar-refractivity contribution in [1.29, 1.82) is 0 Å². The van der Waals surface area contributed by atoms with Crippen LogP contribution < -0.4 is 14.9 Å². The van der Waals surface area contributed by atoms with Crippen molar-refractivity contribution in [2.45, 2.75) is 4.90 Å². The van der Waals surface area contributed by atoms with E-state index in [4.69, 9.17) is 4.74 Å². The number of nitrogens with zero attached hydrogens (tertiary/aromatic N) is 2. The Hall–Kier alpha value is -4.44. The number of nitro groups is 1. The zero-order valence-corrected chi connectivity index (χ0v) is 18.8. The summed E-state index contributed by atoms with van der Waals surface area (Å²) in [5.74, 6) is 0.306. The van der Waals surface area contributed by atoms with Gasteiger partial charge in [-0.25, -0.2) is 8.42 Å². The van der Waals surface area contributed by atoms with E-state index in [9.17, 15) is 18.5 Å². The number of nitro benzene ring substituents is 1. The number of hydrazone groups is 1. The second-order valence-electron chi connectivity index (χ2n) is 7.18. The molecular weight excluding hydrogens is 456 g/mol. The Morgan fingerprint density at radius 1 is 0.941 bits per heavy atom. The van der Waals surface area contributed by atoms with E-state index in [1.54, 1.807) is 24.4 Å². The molecule has 34 heavy (non-hydrogen) atoms. The third-order valence-corrected chi connectivity index (χ3v) is 6.43. The highest BCUT2D eigenvalue weighted by atomic mass is 32.2. The van der Waals surface area contributed by atoms with Crippen LogP contribution in [0.15, 0.2) is 94.9 Å². The van der Waals surface area contributed by atoms with Crippen LogP contribution in [0.25, 0.3) is 10.8 Å². The second-order valence-corrected chi connectivity index (χ2v) is 8.83. The molecule has 0 spiro atoms. The van der Waals surface area contributed by atoms with Crippen LogP contribution in [0.5, 0.6) is 5.75 Å². The van der Waals surface area contributed by atoms with Crippen molar-refractivity contribution >= 4 is 44.1 Å². The first kappa shape index (κ1) is 22.7. The van der Waals surface area contributed by atoms with Crippen LogP contribution in [0.2, 0.25) is 0 Å². The molecule has 2 N–H and O–H groups in total. The molecule has 0 radical (unpaired) electrons. The number of nitrogens with one attached hydrogen (secondary N) is 2. The van der Waals surface area contributed by atoms with Gasteiger partial charge in [-0.15, -0.1) is 0 Å². The molecule has 0 atom stereocenters. The summed E-state index contributed by atoms with van der Waals surface area (Å²) in [6.07, 6.45) is 1.56. The molecule has 4 aromatic carbocycles. The van der Waals surface area contributed by atoms with Gasteiger partial charge in [-0.2, -0.15) is 5.10 Å². The van der Waals surface area contributed by atoms with Gasteiger partial charge in [0.15, 0.2) is 0 Å². The van der Waals surface area contributed by atoms with Crippen LogP contribution in [0, 0.1) is 10.1 Å². The molecule has 0 aromatic heterocycles.